The van der Waals surface area contributed by atoms with Gasteiger partial charge in [0.25, 0.3) is 0 Å². The van der Waals surface area contributed by atoms with E-state index in [1.165, 1.54) is 4.90 Å². The minimum Gasteiger partial charge on any atom is -0.399 e. The van der Waals surface area contributed by atoms with Crippen molar-refractivity contribution in [1.82, 2.24) is 5.32 Å². The van der Waals surface area contributed by atoms with Crippen molar-refractivity contribution in [3.63, 3.8) is 0 Å². The molecule has 0 spiro atoms. The maximum absolute atomic E-state index is 13.3. The Kier molecular flexibility index (Phi) is 6.74. The molecule has 2 amide bonds. The lowest BCUT2D eigenvalue weighted by atomic mass is 10.0. The molecule has 0 saturated heterocycles. The van der Waals surface area contributed by atoms with E-state index >= 15 is 0 Å². The molecule has 0 fully saturated rings. The average Bonchev–Trinajstić information content (AvgIpc) is 2.76. The number of nitrogen functional groups attached to an aromatic ring is 1. The molecule has 3 rings (SSSR count). The number of benzene rings is 3. The second kappa shape index (κ2) is 9.64. The van der Waals surface area contributed by atoms with Crippen LogP contribution in [-0.2, 0) is 16.1 Å². The quantitative estimate of drug-likeness (QED) is 0.471. The Balaban J connectivity index is 1.99. The van der Waals surface area contributed by atoms with Crippen LogP contribution in [0.1, 0.15) is 17.2 Å². The largest absolute Gasteiger partial charge is 0.399 e. The zero-order chi connectivity index (χ0) is 21.5. The molecule has 1 unspecified atom stereocenters. The first-order valence-corrected chi connectivity index (χ1v) is 9.60. The Morgan fingerprint density at radius 1 is 1.03 bits per heavy atom. The fraction of sp³-hybridized carbons (Fsp3) is 0.0833. The number of rotatable bonds is 6. The average molecular weight is 418 g/mol. The minimum atomic E-state index is -0.978. The van der Waals surface area contributed by atoms with Gasteiger partial charge in [-0.2, -0.15) is 0 Å². The highest BCUT2D eigenvalue weighted by atomic mass is 35.5. The summed E-state index contributed by atoms with van der Waals surface area (Å²) < 4.78 is 0. The van der Waals surface area contributed by atoms with Crippen LogP contribution in [0.4, 0.5) is 11.4 Å². The third kappa shape index (κ3) is 4.99. The molecule has 0 aliphatic carbocycles. The number of terminal acetylenes is 1. The van der Waals surface area contributed by atoms with Gasteiger partial charge < -0.3 is 11.1 Å². The summed E-state index contributed by atoms with van der Waals surface area (Å²) in [5.74, 6) is 1.09. The summed E-state index contributed by atoms with van der Waals surface area (Å²) in [6.45, 7) is 0.251. The molecule has 0 radical (unpaired) electrons. The monoisotopic (exact) mass is 417 g/mol. The number of anilines is 2. The van der Waals surface area contributed by atoms with Crippen molar-refractivity contribution in [2.24, 2.45) is 0 Å². The van der Waals surface area contributed by atoms with Gasteiger partial charge in [0, 0.05) is 22.9 Å². The van der Waals surface area contributed by atoms with Crippen LogP contribution in [0.3, 0.4) is 0 Å². The number of nitrogens with one attached hydrogen (secondary N) is 1. The summed E-state index contributed by atoms with van der Waals surface area (Å²) in [6, 6.07) is 21.9. The third-order valence-corrected chi connectivity index (χ3v) is 4.70. The molecule has 150 valence electrons. The predicted octanol–water partition coefficient (Wildman–Crippen LogP) is 3.95. The Bertz CT molecular complexity index is 1090. The molecule has 0 saturated carbocycles. The molecule has 0 bridgehead atoms. The van der Waals surface area contributed by atoms with Crippen LogP contribution in [0, 0.1) is 12.3 Å². The lowest BCUT2D eigenvalue weighted by Crippen LogP contribution is -2.43. The van der Waals surface area contributed by atoms with Gasteiger partial charge in [0.05, 0.1) is 0 Å². The van der Waals surface area contributed by atoms with E-state index in [1.54, 1.807) is 60.7 Å². The highest BCUT2D eigenvalue weighted by Crippen LogP contribution is 2.29. The van der Waals surface area contributed by atoms with E-state index in [-0.39, 0.29) is 12.5 Å². The van der Waals surface area contributed by atoms with Crippen molar-refractivity contribution in [1.29, 1.82) is 0 Å². The van der Waals surface area contributed by atoms with Gasteiger partial charge in [-0.3, -0.25) is 14.5 Å². The first-order valence-electron chi connectivity index (χ1n) is 9.22. The number of nitrogens with zero attached hydrogens (tertiary/aromatic N) is 1. The minimum absolute atomic E-state index is 0.251. The van der Waals surface area contributed by atoms with Crippen LogP contribution in [0.15, 0.2) is 78.9 Å². The Hall–Kier alpha value is -3.75. The maximum atomic E-state index is 13.3. The summed E-state index contributed by atoms with van der Waals surface area (Å²) in [5, 5.41) is 3.30. The number of halogens is 1. The third-order valence-electron chi connectivity index (χ3n) is 4.47. The van der Waals surface area contributed by atoms with Crippen LogP contribution in [0.5, 0.6) is 0 Å². The first-order chi connectivity index (χ1) is 14.5. The molecule has 3 aromatic rings. The van der Waals surface area contributed by atoms with Crippen molar-refractivity contribution < 1.29 is 9.59 Å². The van der Waals surface area contributed by atoms with Gasteiger partial charge in [0.1, 0.15) is 6.04 Å². The van der Waals surface area contributed by atoms with Gasteiger partial charge >= 0.3 is 5.91 Å². The van der Waals surface area contributed by atoms with Crippen LogP contribution >= 0.6 is 11.6 Å². The smallest absolute Gasteiger partial charge is 0.303 e. The fourth-order valence-corrected chi connectivity index (χ4v) is 3.31. The number of amides is 2. The van der Waals surface area contributed by atoms with Crippen LogP contribution in [0.2, 0.25) is 5.02 Å². The SMILES string of the molecule is C#CC(=O)N(c1cccc(Cl)c1)C(C(=O)NCc1cccc(N)c1)c1ccccc1. The molecular formula is C24H20ClN3O2. The zero-order valence-electron chi connectivity index (χ0n) is 16.1. The topological polar surface area (TPSA) is 75.4 Å². The van der Waals surface area contributed by atoms with Crippen LogP contribution in [0.25, 0.3) is 0 Å². The summed E-state index contributed by atoms with van der Waals surface area (Å²) in [6.07, 6.45) is 5.43. The molecule has 3 N–H and O–H groups in total. The fourth-order valence-electron chi connectivity index (χ4n) is 3.12. The Labute approximate surface area is 180 Å². The van der Waals surface area contributed by atoms with Gasteiger partial charge in [-0.25, -0.2) is 0 Å². The van der Waals surface area contributed by atoms with E-state index in [9.17, 15) is 9.59 Å². The molecule has 1 atom stereocenters. The van der Waals surface area contributed by atoms with Crippen LogP contribution < -0.4 is 16.0 Å². The summed E-state index contributed by atoms with van der Waals surface area (Å²) in [5.41, 5.74) is 8.30. The molecule has 6 heteroatoms. The first kappa shape index (κ1) is 21.0. The zero-order valence-corrected chi connectivity index (χ0v) is 16.8. The van der Waals surface area contributed by atoms with Crippen LogP contribution in [-0.4, -0.2) is 11.8 Å². The second-order valence-corrected chi connectivity index (χ2v) is 7.01. The van der Waals surface area contributed by atoms with Gasteiger partial charge in [0.2, 0.25) is 5.91 Å². The van der Waals surface area contributed by atoms with Crippen molar-refractivity contribution in [3.05, 3.63) is 95.0 Å². The van der Waals surface area contributed by atoms with E-state index in [1.807, 2.05) is 18.2 Å². The van der Waals surface area contributed by atoms with E-state index in [2.05, 4.69) is 11.2 Å². The molecule has 5 nitrogen and oxygen atoms in total. The van der Waals surface area contributed by atoms with Gasteiger partial charge in [-0.15, -0.1) is 6.42 Å². The molecule has 30 heavy (non-hydrogen) atoms. The van der Waals surface area contributed by atoms with Crippen molar-refractivity contribution >= 4 is 34.8 Å². The van der Waals surface area contributed by atoms with E-state index in [0.717, 1.165) is 5.56 Å². The van der Waals surface area contributed by atoms with E-state index < -0.39 is 11.9 Å². The molecule has 0 aliphatic rings. The number of nitrogens with two attached hydrogens (primary N) is 1. The normalized spacial score (nSPS) is 11.2. The summed E-state index contributed by atoms with van der Waals surface area (Å²) in [4.78, 5) is 27.3. The van der Waals surface area contributed by atoms with E-state index in [0.29, 0.717) is 22.0 Å². The predicted molar refractivity (Wildman–Crippen MR) is 120 cm³/mol. The number of carbonyl (C=O) groups is 2. The summed E-state index contributed by atoms with van der Waals surface area (Å²) >= 11 is 6.12. The number of hydrogen-bond donors (Lipinski definition) is 2. The Morgan fingerprint density at radius 3 is 2.43 bits per heavy atom. The van der Waals surface area contributed by atoms with Gasteiger partial charge in [-0.05, 0) is 47.4 Å². The molecular weight excluding hydrogens is 398 g/mol. The molecule has 0 aromatic heterocycles. The lowest BCUT2D eigenvalue weighted by molar-refractivity contribution is -0.125. The number of hydrogen-bond acceptors (Lipinski definition) is 3. The van der Waals surface area contributed by atoms with Gasteiger partial charge in [-0.1, -0.05) is 60.1 Å². The molecule has 3 aromatic carbocycles. The maximum Gasteiger partial charge on any atom is 0.303 e. The second-order valence-electron chi connectivity index (χ2n) is 6.58. The number of carbonyl (C=O) groups excluding carboxylic acids is 2. The van der Waals surface area contributed by atoms with E-state index in [4.69, 9.17) is 23.8 Å². The highest BCUT2D eigenvalue weighted by Gasteiger charge is 2.32. The summed E-state index contributed by atoms with van der Waals surface area (Å²) in [7, 11) is 0. The molecule has 0 aliphatic heterocycles. The Morgan fingerprint density at radius 2 is 1.77 bits per heavy atom. The van der Waals surface area contributed by atoms with Crippen molar-refractivity contribution in [2.75, 3.05) is 10.6 Å². The highest BCUT2D eigenvalue weighted by molar-refractivity contribution is 6.31. The van der Waals surface area contributed by atoms with Crippen molar-refractivity contribution in [2.45, 2.75) is 12.6 Å². The van der Waals surface area contributed by atoms with Gasteiger partial charge in [0.15, 0.2) is 0 Å². The van der Waals surface area contributed by atoms with Crippen molar-refractivity contribution in [3.8, 4) is 12.3 Å². The lowest BCUT2D eigenvalue weighted by Gasteiger charge is -2.30. The standard InChI is InChI=1S/C24H20ClN3O2/c1-2-22(29)28(21-13-7-11-19(25)15-21)23(18-9-4-3-5-10-18)24(30)27-16-17-8-6-12-20(26)14-17/h1,3-15,23H,16,26H2,(H,27,30). The molecule has 0 heterocycles.